The van der Waals surface area contributed by atoms with Crippen LogP contribution in [-0.4, -0.2) is 62.0 Å². The van der Waals surface area contributed by atoms with Crippen molar-refractivity contribution in [1.29, 1.82) is 0 Å². The quantitative estimate of drug-likeness (QED) is 0.482. The molecule has 1 fully saturated rings. The van der Waals surface area contributed by atoms with Gasteiger partial charge in [-0.2, -0.15) is 0 Å². The van der Waals surface area contributed by atoms with Crippen LogP contribution in [0.25, 0.3) is 0 Å². The van der Waals surface area contributed by atoms with Gasteiger partial charge in [0.05, 0.1) is 30.6 Å². The van der Waals surface area contributed by atoms with Gasteiger partial charge in [-0.05, 0) is 25.0 Å². The van der Waals surface area contributed by atoms with Crippen LogP contribution in [0, 0.1) is 0 Å². The topological polar surface area (TPSA) is 58.0 Å². The maximum absolute atomic E-state index is 11.8. The summed E-state index contributed by atoms with van der Waals surface area (Å²) in [7, 11) is 9.24. The number of carbonyl (C=O) groups excluding carboxylic acids is 1. The molecule has 1 aliphatic carbocycles. The van der Waals surface area contributed by atoms with Crippen molar-refractivity contribution in [3.63, 3.8) is 0 Å². The van der Waals surface area contributed by atoms with Crippen molar-refractivity contribution in [2.24, 2.45) is 4.99 Å². The molecule has 0 saturated heterocycles. The van der Waals surface area contributed by atoms with Gasteiger partial charge in [0.1, 0.15) is 0 Å². The maximum Gasteiger partial charge on any atom is 0.339 e. The number of nitrogens with zero attached hydrogens (tertiary/aromatic N) is 4. The Bertz CT molecular complexity index is 568. The van der Waals surface area contributed by atoms with E-state index in [2.05, 4.69) is 9.98 Å². The molecule has 0 unspecified atom stereocenters. The van der Waals surface area contributed by atoms with Gasteiger partial charge in [0.2, 0.25) is 0 Å². The molecule has 0 N–H and O–H groups in total. The van der Waals surface area contributed by atoms with Crippen molar-refractivity contribution in [3.05, 3.63) is 29.1 Å². The van der Waals surface area contributed by atoms with Crippen LogP contribution >= 0.6 is 0 Å². The summed E-state index contributed by atoms with van der Waals surface area (Å²) in [5.41, 5.74) is 2.31. The second-order valence-electron chi connectivity index (χ2n) is 5.91. The lowest BCUT2D eigenvalue weighted by atomic mass is 10.1. The number of ether oxygens (including phenoxy) is 1. The number of methoxy groups -OCH3 is 1. The Morgan fingerprint density at radius 3 is 2.41 bits per heavy atom. The Labute approximate surface area is 131 Å². The van der Waals surface area contributed by atoms with Gasteiger partial charge in [-0.3, -0.25) is 4.98 Å². The molecule has 0 radical (unpaired) electrons. The van der Waals surface area contributed by atoms with Crippen molar-refractivity contribution in [2.45, 2.75) is 25.3 Å². The Hall–Kier alpha value is -2.11. The van der Waals surface area contributed by atoms with Gasteiger partial charge in [-0.25, -0.2) is 9.79 Å². The molecule has 1 aliphatic rings. The van der Waals surface area contributed by atoms with Crippen LogP contribution in [0.5, 0.6) is 0 Å². The maximum atomic E-state index is 11.8. The monoisotopic (exact) mass is 304 g/mol. The van der Waals surface area contributed by atoms with E-state index in [9.17, 15) is 4.79 Å². The van der Waals surface area contributed by atoms with Crippen LogP contribution in [-0.2, 0) is 11.3 Å². The van der Waals surface area contributed by atoms with E-state index in [-0.39, 0.29) is 5.97 Å². The van der Waals surface area contributed by atoms with Crippen LogP contribution in [0.3, 0.4) is 0 Å². The summed E-state index contributed by atoms with van der Waals surface area (Å²) in [6, 6.07) is 3.66. The molecule has 1 saturated carbocycles. The molecule has 0 amide bonds. The van der Waals surface area contributed by atoms with E-state index in [4.69, 9.17) is 4.74 Å². The first-order valence-corrected chi connectivity index (χ1v) is 7.41. The highest BCUT2D eigenvalue weighted by Crippen LogP contribution is 2.40. The highest BCUT2D eigenvalue weighted by atomic mass is 16.5. The molecule has 0 spiro atoms. The third kappa shape index (κ3) is 3.75. The molecule has 1 heterocycles. The first-order valence-electron chi connectivity index (χ1n) is 7.41. The van der Waals surface area contributed by atoms with Gasteiger partial charge in [0.15, 0.2) is 5.96 Å². The van der Waals surface area contributed by atoms with E-state index in [0.717, 1.165) is 30.2 Å². The van der Waals surface area contributed by atoms with E-state index < -0.39 is 0 Å². The molecule has 6 heteroatoms. The van der Waals surface area contributed by atoms with E-state index in [1.54, 1.807) is 0 Å². The van der Waals surface area contributed by atoms with Gasteiger partial charge < -0.3 is 14.5 Å². The number of pyridine rings is 1. The van der Waals surface area contributed by atoms with Crippen LogP contribution < -0.4 is 0 Å². The molecule has 0 bridgehead atoms. The van der Waals surface area contributed by atoms with Gasteiger partial charge in [0, 0.05) is 34.1 Å². The first kappa shape index (κ1) is 16.3. The minimum atomic E-state index is -0.313. The summed E-state index contributed by atoms with van der Waals surface area (Å²) in [6.45, 7) is 0.493. The SMILES string of the molecule is COC(=O)c1ccc(CN=C(N(C)C)N(C)C)nc1C1CC1. The molecule has 0 aliphatic heterocycles. The number of hydrogen-bond donors (Lipinski definition) is 0. The molecule has 0 aromatic carbocycles. The highest BCUT2D eigenvalue weighted by Gasteiger charge is 2.30. The number of aliphatic imine (C=N–C) groups is 1. The predicted molar refractivity (Wildman–Crippen MR) is 86.1 cm³/mol. The third-order valence-corrected chi connectivity index (χ3v) is 3.53. The average molecular weight is 304 g/mol. The second kappa shape index (κ2) is 6.77. The predicted octanol–water partition coefficient (Wildman–Crippen LogP) is 1.72. The number of carbonyl (C=O) groups is 1. The molecule has 6 nitrogen and oxygen atoms in total. The van der Waals surface area contributed by atoms with Crippen LogP contribution in [0.1, 0.15) is 40.5 Å². The molecular formula is C16H24N4O2. The molecule has 2 rings (SSSR count). The minimum Gasteiger partial charge on any atom is -0.465 e. The first-order chi connectivity index (χ1) is 10.4. The van der Waals surface area contributed by atoms with Crippen molar-refractivity contribution in [3.8, 4) is 0 Å². The fourth-order valence-corrected chi connectivity index (χ4v) is 2.39. The number of guanidine groups is 1. The van der Waals surface area contributed by atoms with Gasteiger partial charge in [-0.1, -0.05) is 0 Å². The highest BCUT2D eigenvalue weighted by molar-refractivity contribution is 5.90. The Balaban J connectivity index is 2.24. The van der Waals surface area contributed by atoms with E-state index in [1.165, 1.54) is 7.11 Å². The van der Waals surface area contributed by atoms with Gasteiger partial charge >= 0.3 is 5.97 Å². The number of hydrogen-bond acceptors (Lipinski definition) is 4. The smallest absolute Gasteiger partial charge is 0.339 e. The fourth-order valence-electron chi connectivity index (χ4n) is 2.39. The minimum absolute atomic E-state index is 0.313. The summed E-state index contributed by atoms with van der Waals surface area (Å²) in [5.74, 6) is 0.957. The normalized spacial score (nSPS) is 13.5. The van der Waals surface area contributed by atoms with Crippen molar-refractivity contribution in [2.75, 3.05) is 35.3 Å². The summed E-state index contributed by atoms with van der Waals surface area (Å²) in [6.07, 6.45) is 2.18. The van der Waals surface area contributed by atoms with Crippen LogP contribution in [0.4, 0.5) is 0 Å². The van der Waals surface area contributed by atoms with E-state index in [1.807, 2.05) is 50.1 Å². The lowest BCUT2D eigenvalue weighted by molar-refractivity contribution is 0.0598. The summed E-state index contributed by atoms with van der Waals surface area (Å²) in [4.78, 5) is 25.0. The summed E-state index contributed by atoms with van der Waals surface area (Å²) in [5, 5.41) is 0. The zero-order valence-corrected chi connectivity index (χ0v) is 14.0. The number of rotatable bonds is 4. The molecule has 0 atom stereocenters. The summed E-state index contributed by atoms with van der Waals surface area (Å²) >= 11 is 0. The molecular weight excluding hydrogens is 280 g/mol. The molecule has 22 heavy (non-hydrogen) atoms. The zero-order chi connectivity index (χ0) is 16.3. The zero-order valence-electron chi connectivity index (χ0n) is 14.0. The lowest BCUT2D eigenvalue weighted by Crippen LogP contribution is -2.35. The summed E-state index contributed by atoms with van der Waals surface area (Å²) < 4.78 is 4.84. The number of aromatic nitrogens is 1. The Kier molecular flexibility index (Phi) is 5.00. The fraction of sp³-hybridized carbons (Fsp3) is 0.562. The van der Waals surface area contributed by atoms with E-state index in [0.29, 0.717) is 18.0 Å². The second-order valence-corrected chi connectivity index (χ2v) is 5.91. The van der Waals surface area contributed by atoms with Gasteiger partial charge in [-0.15, -0.1) is 0 Å². The third-order valence-electron chi connectivity index (χ3n) is 3.53. The van der Waals surface area contributed by atoms with E-state index >= 15 is 0 Å². The largest absolute Gasteiger partial charge is 0.465 e. The lowest BCUT2D eigenvalue weighted by Gasteiger charge is -2.22. The molecule has 1 aromatic rings. The molecule has 120 valence electrons. The Morgan fingerprint density at radius 2 is 1.91 bits per heavy atom. The number of esters is 1. The van der Waals surface area contributed by atoms with Gasteiger partial charge in [0.25, 0.3) is 0 Å². The van der Waals surface area contributed by atoms with Crippen molar-refractivity contribution >= 4 is 11.9 Å². The average Bonchev–Trinajstić information content (AvgIpc) is 3.30. The van der Waals surface area contributed by atoms with Crippen LogP contribution in [0.15, 0.2) is 17.1 Å². The van der Waals surface area contributed by atoms with Crippen molar-refractivity contribution in [1.82, 2.24) is 14.8 Å². The van der Waals surface area contributed by atoms with Crippen molar-refractivity contribution < 1.29 is 9.53 Å². The standard InChI is InChI=1S/C16H24N4O2/c1-19(2)16(20(3)4)17-10-12-8-9-13(15(21)22-5)14(18-12)11-6-7-11/h8-9,11H,6-7,10H2,1-5H3. The van der Waals surface area contributed by atoms with Crippen LogP contribution in [0.2, 0.25) is 0 Å². The Morgan fingerprint density at radius 1 is 1.27 bits per heavy atom. The molecule has 1 aromatic heterocycles.